The van der Waals surface area contributed by atoms with Crippen LogP contribution in [0.25, 0.3) is 0 Å². The topological polar surface area (TPSA) is 56.0 Å². The molecule has 0 amide bonds. The van der Waals surface area contributed by atoms with Gasteiger partial charge in [-0.2, -0.15) is 0 Å². The molecule has 0 N–H and O–H groups in total. The van der Waals surface area contributed by atoms with Crippen molar-refractivity contribution in [1.29, 1.82) is 0 Å². The Balaban J connectivity index is 2.24. The molecule has 0 aliphatic rings. The third-order valence-corrected chi connectivity index (χ3v) is 3.85. The van der Waals surface area contributed by atoms with Gasteiger partial charge in [0.2, 0.25) is 0 Å². The van der Waals surface area contributed by atoms with Crippen LogP contribution in [0.3, 0.4) is 0 Å². The predicted octanol–water partition coefficient (Wildman–Crippen LogP) is 3.51. The fraction of sp³-hybridized carbons (Fsp3) is 0.100. The fourth-order valence-electron chi connectivity index (χ4n) is 1.26. The van der Waals surface area contributed by atoms with Crippen LogP contribution in [0.5, 0.6) is 0 Å². The van der Waals surface area contributed by atoms with Crippen LogP contribution in [-0.4, -0.2) is 9.91 Å². The molecule has 0 bridgehead atoms. The zero-order valence-electron chi connectivity index (χ0n) is 8.41. The lowest BCUT2D eigenvalue weighted by Gasteiger charge is -2.00. The van der Waals surface area contributed by atoms with Crippen molar-refractivity contribution < 1.29 is 4.92 Å². The first kappa shape index (κ1) is 11.1. The lowest BCUT2D eigenvalue weighted by Crippen LogP contribution is -1.91. The second-order valence-corrected chi connectivity index (χ2v) is 5.32. The Bertz CT molecular complexity index is 512. The van der Waals surface area contributed by atoms with E-state index in [1.807, 2.05) is 11.4 Å². The Morgan fingerprint density at radius 3 is 2.88 bits per heavy atom. The molecule has 0 saturated heterocycles. The van der Waals surface area contributed by atoms with Crippen molar-refractivity contribution >= 4 is 28.8 Å². The van der Waals surface area contributed by atoms with Gasteiger partial charge < -0.3 is 0 Å². The molecule has 1 heterocycles. The number of rotatable bonds is 3. The SMILES string of the molecule is Cc1cc(Sc2nccs2)ccc1[N+](=O)[O-]. The summed E-state index contributed by atoms with van der Waals surface area (Å²) in [5, 5.41) is 12.5. The molecular formula is C10H8N2O2S2. The highest BCUT2D eigenvalue weighted by Crippen LogP contribution is 2.31. The van der Waals surface area contributed by atoms with E-state index in [1.54, 1.807) is 30.5 Å². The van der Waals surface area contributed by atoms with Crippen LogP contribution in [0.2, 0.25) is 0 Å². The van der Waals surface area contributed by atoms with Crippen molar-refractivity contribution in [1.82, 2.24) is 4.98 Å². The third kappa shape index (κ3) is 2.40. The van der Waals surface area contributed by atoms with E-state index in [0.717, 1.165) is 9.24 Å². The molecule has 2 aromatic rings. The van der Waals surface area contributed by atoms with E-state index in [0.29, 0.717) is 5.56 Å². The van der Waals surface area contributed by atoms with Gasteiger partial charge in [-0.25, -0.2) is 4.98 Å². The number of hydrogen-bond acceptors (Lipinski definition) is 5. The molecule has 0 unspecified atom stereocenters. The summed E-state index contributed by atoms with van der Waals surface area (Å²) in [5.74, 6) is 0. The number of aromatic nitrogens is 1. The number of nitro benzene ring substituents is 1. The number of nitro groups is 1. The van der Waals surface area contributed by atoms with Crippen molar-refractivity contribution in [2.24, 2.45) is 0 Å². The van der Waals surface area contributed by atoms with Crippen molar-refractivity contribution in [2.75, 3.05) is 0 Å². The van der Waals surface area contributed by atoms with Gasteiger partial charge in [0.25, 0.3) is 5.69 Å². The average Bonchev–Trinajstić information content (AvgIpc) is 2.70. The minimum atomic E-state index is -0.368. The molecular weight excluding hydrogens is 244 g/mol. The van der Waals surface area contributed by atoms with Gasteiger partial charge in [0.05, 0.1) is 4.92 Å². The van der Waals surface area contributed by atoms with Crippen LogP contribution in [0.1, 0.15) is 5.56 Å². The lowest BCUT2D eigenvalue weighted by atomic mass is 10.2. The maximum Gasteiger partial charge on any atom is 0.272 e. The Labute approximate surface area is 100 Å². The largest absolute Gasteiger partial charge is 0.272 e. The van der Waals surface area contributed by atoms with E-state index in [4.69, 9.17) is 0 Å². The van der Waals surface area contributed by atoms with Gasteiger partial charge in [0.1, 0.15) is 0 Å². The van der Waals surface area contributed by atoms with Gasteiger partial charge in [0, 0.05) is 28.1 Å². The van der Waals surface area contributed by atoms with Gasteiger partial charge in [-0.05, 0) is 19.1 Å². The monoisotopic (exact) mass is 252 g/mol. The minimum Gasteiger partial charge on any atom is -0.258 e. The van der Waals surface area contributed by atoms with Crippen LogP contribution in [0.15, 0.2) is 39.0 Å². The lowest BCUT2D eigenvalue weighted by molar-refractivity contribution is -0.385. The van der Waals surface area contributed by atoms with E-state index in [2.05, 4.69) is 4.98 Å². The maximum atomic E-state index is 10.6. The summed E-state index contributed by atoms with van der Waals surface area (Å²) in [4.78, 5) is 15.4. The summed E-state index contributed by atoms with van der Waals surface area (Å²) >= 11 is 3.07. The molecule has 0 fully saturated rings. The number of benzene rings is 1. The van der Waals surface area contributed by atoms with Crippen LogP contribution in [-0.2, 0) is 0 Å². The quantitative estimate of drug-likeness (QED) is 0.619. The van der Waals surface area contributed by atoms with Gasteiger partial charge in [-0.1, -0.05) is 11.8 Å². The highest BCUT2D eigenvalue weighted by molar-refractivity contribution is 8.01. The smallest absolute Gasteiger partial charge is 0.258 e. The first-order valence-corrected chi connectivity index (χ1v) is 6.19. The predicted molar refractivity (Wildman–Crippen MR) is 64.1 cm³/mol. The third-order valence-electron chi connectivity index (χ3n) is 1.98. The maximum absolute atomic E-state index is 10.6. The average molecular weight is 252 g/mol. The summed E-state index contributed by atoms with van der Waals surface area (Å²) in [6.45, 7) is 1.74. The van der Waals surface area contributed by atoms with E-state index in [9.17, 15) is 10.1 Å². The molecule has 0 atom stereocenters. The molecule has 16 heavy (non-hydrogen) atoms. The molecule has 0 saturated carbocycles. The normalized spacial score (nSPS) is 10.3. The first-order valence-electron chi connectivity index (χ1n) is 4.49. The Morgan fingerprint density at radius 2 is 2.31 bits per heavy atom. The Kier molecular flexibility index (Phi) is 3.21. The summed E-state index contributed by atoms with van der Waals surface area (Å²) in [6, 6.07) is 5.09. The highest BCUT2D eigenvalue weighted by atomic mass is 32.2. The number of hydrogen-bond donors (Lipinski definition) is 0. The molecule has 0 radical (unpaired) electrons. The van der Waals surface area contributed by atoms with Gasteiger partial charge in [0.15, 0.2) is 4.34 Å². The molecule has 0 aliphatic heterocycles. The van der Waals surface area contributed by atoms with Crippen molar-refractivity contribution in [3.8, 4) is 0 Å². The van der Waals surface area contributed by atoms with Crippen LogP contribution < -0.4 is 0 Å². The first-order chi connectivity index (χ1) is 7.66. The molecule has 2 rings (SSSR count). The second-order valence-electron chi connectivity index (χ2n) is 3.11. The van der Waals surface area contributed by atoms with E-state index in [-0.39, 0.29) is 10.6 Å². The zero-order valence-corrected chi connectivity index (χ0v) is 10.0. The highest BCUT2D eigenvalue weighted by Gasteiger charge is 2.10. The van der Waals surface area contributed by atoms with Crippen molar-refractivity contribution in [2.45, 2.75) is 16.2 Å². The van der Waals surface area contributed by atoms with Crippen LogP contribution >= 0.6 is 23.1 Å². The van der Waals surface area contributed by atoms with Crippen LogP contribution in [0, 0.1) is 17.0 Å². The molecule has 82 valence electrons. The fourth-order valence-corrected chi connectivity index (χ4v) is 2.95. The second kappa shape index (κ2) is 4.63. The Morgan fingerprint density at radius 1 is 1.50 bits per heavy atom. The molecule has 4 nitrogen and oxygen atoms in total. The summed E-state index contributed by atoms with van der Waals surface area (Å²) < 4.78 is 0.938. The number of nitrogens with zero attached hydrogens (tertiary/aromatic N) is 2. The summed E-state index contributed by atoms with van der Waals surface area (Å²) in [6.07, 6.45) is 1.74. The summed E-state index contributed by atoms with van der Waals surface area (Å²) in [7, 11) is 0. The number of thiazole rings is 1. The van der Waals surface area contributed by atoms with Gasteiger partial charge in [-0.3, -0.25) is 10.1 Å². The molecule has 0 aliphatic carbocycles. The molecule has 1 aromatic heterocycles. The van der Waals surface area contributed by atoms with Gasteiger partial charge in [-0.15, -0.1) is 11.3 Å². The van der Waals surface area contributed by atoms with Crippen molar-refractivity contribution in [3.63, 3.8) is 0 Å². The van der Waals surface area contributed by atoms with Gasteiger partial charge >= 0.3 is 0 Å². The zero-order chi connectivity index (χ0) is 11.5. The van der Waals surface area contributed by atoms with E-state index >= 15 is 0 Å². The summed E-state index contributed by atoms with van der Waals surface area (Å²) in [5.41, 5.74) is 0.829. The molecule has 0 spiro atoms. The number of aryl methyl sites for hydroxylation is 1. The molecule has 6 heteroatoms. The van der Waals surface area contributed by atoms with E-state index in [1.165, 1.54) is 17.8 Å². The van der Waals surface area contributed by atoms with Crippen LogP contribution in [0.4, 0.5) is 5.69 Å². The Hall–Kier alpha value is -1.40. The van der Waals surface area contributed by atoms with E-state index < -0.39 is 0 Å². The molecule has 1 aromatic carbocycles. The standard InChI is InChI=1S/C10H8N2O2S2/c1-7-6-8(2-3-9(7)12(13)14)16-10-11-4-5-15-10/h2-6H,1H3. The van der Waals surface area contributed by atoms with Crippen molar-refractivity contribution in [3.05, 3.63) is 45.5 Å². The minimum absolute atomic E-state index is 0.156.